The Morgan fingerprint density at radius 3 is 2.67 bits per heavy atom. The lowest BCUT2D eigenvalue weighted by molar-refractivity contribution is 0.415. The summed E-state index contributed by atoms with van der Waals surface area (Å²) in [4.78, 5) is 0.121. The maximum atomic E-state index is 12.2. The largest absolute Gasteiger partial charge is 0.497 e. The summed E-state index contributed by atoms with van der Waals surface area (Å²) in [5.74, 6) is 0.660. The number of ether oxygens (including phenoxy) is 1. The van der Waals surface area contributed by atoms with Gasteiger partial charge in [-0.15, -0.1) is 0 Å². The molecule has 0 radical (unpaired) electrons. The average Bonchev–Trinajstić information content (AvgIpc) is 2.95. The molecule has 0 fully saturated rings. The fraction of sp³-hybridized carbons (Fsp3) is 0.308. The van der Waals surface area contributed by atoms with Gasteiger partial charge in [0, 0.05) is 18.4 Å². The first-order chi connectivity index (χ1) is 10.0. The first-order valence-electron chi connectivity index (χ1n) is 6.44. The molecule has 1 heterocycles. The van der Waals surface area contributed by atoms with E-state index in [1.54, 1.807) is 36.1 Å². The first kappa shape index (κ1) is 15.3. The Balaban J connectivity index is 2.11. The molecular weight excluding hydrogens is 292 g/mol. The Hall–Kier alpha value is -2.06. The molecule has 3 N–H and O–H groups in total. The van der Waals surface area contributed by atoms with Gasteiger partial charge in [-0.3, -0.25) is 9.40 Å². The van der Waals surface area contributed by atoms with Gasteiger partial charge in [0.1, 0.15) is 10.6 Å². The summed E-state index contributed by atoms with van der Waals surface area (Å²) in [6.07, 6.45) is 3.55. The highest BCUT2D eigenvalue weighted by Crippen LogP contribution is 2.19. The number of methoxy groups -OCH3 is 1. The fourth-order valence-electron chi connectivity index (χ4n) is 1.73. The van der Waals surface area contributed by atoms with Gasteiger partial charge in [0.25, 0.3) is 10.0 Å². The zero-order chi connectivity index (χ0) is 15.3. The van der Waals surface area contributed by atoms with E-state index in [1.807, 2.05) is 0 Å². The van der Waals surface area contributed by atoms with Crippen LogP contribution < -0.4 is 15.2 Å². The number of hydrogen-bond donors (Lipinski definition) is 2. The molecule has 0 aliphatic rings. The van der Waals surface area contributed by atoms with Crippen LogP contribution in [0.1, 0.15) is 6.42 Å². The molecule has 0 aliphatic carbocycles. The molecule has 21 heavy (non-hydrogen) atoms. The number of rotatable bonds is 7. The third-order valence-electron chi connectivity index (χ3n) is 2.85. The van der Waals surface area contributed by atoms with Gasteiger partial charge < -0.3 is 10.5 Å². The number of hydrogen-bond acceptors (Lipinski definition) is 5. The van der Waals surface area contributed by atoms with E-state index in [-0.39, 0.29) is 4.90 Å². The number of anilines is 1. The van der Waals surface area contributed by atoms with E-state index in [2.05, 4.69) is 9.82 Å². The quantitative estimate of drug-likeness (QED) is 0.796. The number of benzene rings is 1. The minimum absolute atomic E-state index is 0.121. The van der Waals surface area contributed by atoms with Crippen LogP contribution in [0.15, 0.2) is 41.6 Å². The summed E-state index contributed by atoms with van der Waals surface area (Å²) < 4.78 is 33.5. The first-order valence-corrected chi connectivity index (χ1v) is 7.93. The lowest BCUT2D eigenvalue weighted by Gasteiger charge is -2.07. The van der Waals surface area contributed by atoms with Crippen molar-refractivity contribution in [2.75, 3.05) is 18.4 Å². The van der Waals surface area contributed by atoms with Crippen molar-refractivity contribution in [3.8, 4) is 5.75 Å². The summed E-state index contributed by atoms with van der Waals surface area (Å²) >= 11 is 0. The average molecular weight is 310 g/mol. The van der Waals surface area contributed by atoms with Crippen LogP contribution in [0.25, 0.3) is 0 Å². The summed E-state index contributed by atoms with van der Waals surface area (Å²) in [6, 6.07) is 6.63. The molecule has 0 saturated heterocycles. The van der Waals surface area contributed by atoms with E-state index in [9.17, 15) is 8.42 Å². The molecule has 114 valence electrons. The third-order valence-corrected chi connectivity index (χ3v) is 4.19. The zero-order valence-corrected chi connectivity index (χ0v) is 12.5. The molecule has 7 nitrogen and oxygen atoms in total. The van der Waals surface area contributed by atoms with Gasteiger partial charge in [-0.05, 0) is 37.2 Å². The number of nitrogens with zero attached hydrogens (tertiary/aromatic N) is 2. The minimum Gasteiger partial charge on any atom is -0.497 e. The molecule has 0 atom stereocenters. The standard InChI is InChI=1S/C13H18N4O3S/c1-20-12-5-3-11(4-6-12)16-21(18,19)13-9-15-17(10-13)8-2-7-14/h3-6,9-10,16H,2,7-8,14H2,1H3. The van der Waals surface area contributed by atoms with Crippen molar-refractivity contribution in [2.24, 2.45) is 5.73 Å². The van der Waals surface area contributed by atoms with Crippen molar-refractivity contribution in [2.45, 2.75) is 17.9 Å². The third kappa shape index (κ3) is 3.96. The van der Waals surface area contributed by atoms with Crippen LogP contribution in [0, 0.1) is 0 Å². The van der Waals surface area contributed by atoms with E-state index in [0.29, 0.717) is 24.5 Å². The van der Waals surface area contributed by atoms with Crippen LogP contribution in [-0.4, -0.2) is 31.9 Å². The molecule has 0 amide bonds. The van der Waals surface area contributed by atoms with Crippen LogP contribution in [-0.2, 0) is 16.6 Å². The Labute approximate surface area is 123 Å². The van der Waals surface area contributed by atoms with Crippen LogP contribution in [0.4, 0.5) is 5.69 Å². The second kappa shape index (κ2) is 6.59. The van der Waals surface area contributed by atoms with E-state index >= 15 is 0 Å². The fourth-order valence-corrected chi connectivity index (χ4v) is 2.74. The summed E-state index contributed by atoms with van der Waals surface area (Å²) in [5, 5.41) is 4.01. The second-order valence-corrected chi connectivity index (χ2v) is 6.10. The Bertz CT molecular complexity index is 680. The number of aromatic nitrogens is 2. The smallest absolute Gasteiger partial charge is 0.265 e. The number of sulfonamides is 1. The molecule has 1 aromatic carbocycles. The van der Waals surface area contributed by atoms with Crippen molar-refractivity contribution in [3.63, 3.8) is 0 Å². The summed E-state index contributed by atoms with van der Waals surface area (Å²) in [5.41, 5.74) is 5.88. The molecule has 0 saturated carbocycles. The molecule has 2 rings (SSSR count). The Morgan fingerprint density at radius 1 is 1.33 bits per heavy atom. The van der Waals surface area contributed by atoms with Gasteiger partial charge in [0.2, 0.25) is 0 Å². The predicted molar refractivity (Wildman–Crippen MR) is 79.7 cm³/mol. The van der Waals surface area contributed by atoms with Crippen molar-refractivity contribution >= 4 is 15.7 Å². The highest BCUT2D eigenvalue weighted by molar-refractivity contribution is 7.92. The molecule has 0 spiro atoms. The lowest BCUT2D eigenvalue weighted by atomic mass is 10.3. The van der Waals surface area contributed by atoms with E-state index in [1.165, 1.54) is 12.4 Å². The van der Waals surface area contributed by atoms with Crippen molar-refractivity contribution in [1.29, 1.82) is 0 Å². The lowest BCUT2D eigenvalue weighted by Crippen LogP contribution is -2.12. The highest BCUT2D eigenvalue weighted by Gasteiger charge is 2.16. The van der Waals surface area contributed by atoms with Crippen molar-refractivity contribution < 1.29 is 13.2 Å². The second-order valence-electron chi connectivity index (χ2n) is 4.42. The summed E-state index contributed by atoms with van der Waals surface area (Å²) in [6.45, 7) is 1.13. The monoisotopic (exact) mass is 310 g/mol. The molecule has 0 bridgehead atoms. The van der Waals surface area contributed by atoms with Crippen LogP contribution >= 0.6 is 0 Å². The molecule has 1 aromatic heterocycles. The van der Waals surface area contributed by atoms with Crippen LogP contribution in [0.3, 0.4) is 0 Å². The van der Waals surface area contributed by atoms with Gasteiger partial charge in [0.15, 0.2) is 0 Å². The van der Waals surface area contributed by atoms with Gasteiger partial charge >= 0.3 is 0 Å². The number of aryl methyl sites for hydroxylation is 1. The Morgan fingerprint density at radius 2 is 2.05 bits per heavy atom. The topological polar surface area (TPSA) is 99.2 Å². The zero-order valence-electron chi connectivity index (χ0n) is 11.7. The molecule has 2 aromatic rings. The van der Waals surface area contributed by atoms with Crippen LogP contribution in [0.5, 0.6) is 5.75 Å². The SMILES string of the molecule is COc1ccc(NS(=O)(=O)c2cnn(CCCN)c2)cc1. The van der Waals surface area contributed by atoms with Crippen molar-refractivity contribution in [1.82, 2.24) is 9.78 Å². The molecule has 0 unspecified atom stereocenters. The van der Waals surface area contributed by atoms with Crippen molar-refractivity contribution in [3.05, 3.63) is 36.7 Å². The maximum Gasteiger partial charge on any atom is 0.265 e. The molecule has 0 aliphatic heterocycles. The maximum absolute atomic E-state index is 12.2. The van der Waals surface area contributed by atoms with Gasteiger partial charge in [0.05, 0.1) is 13.3 Å². The predicted octanol–water partition coefficient (Wildman–Crippen LogP) is 1.04. The van der Waals surface area contributed by atoms with Gasteiger partial charge in [-0.1, -0.05) is 0 Å². The summed E-state index contributed by atoms with van der Waals surface area (Å²) in [7, 11) is -2.09. The van der Waals surface area contributed by atoms with E-state index in [0.717, 1.165) is 6.42 Å². The highest BCUT2D eigenvalue weighted by atomic mass is 32.2. The Kier molecular flexibility index (Phi) is 4.81. The van der Waals surface area contributed by atoms with E-state index < -0.39 is 10.0 Å². The van der Waals surface area contributed by atoms with E-state index in [4.69, 9.17) is 10.5 Å². The van der Waals surface area contributed by atoms with Gasteiger partial charge in [-0.25, -0.2) is 8.42 Å². The number of nitrogens with one attached hydrogen (secondary N) is 1. The minimum atomic E-state index is -3.64. The van der Waals surface area contributed by atoms with Crippen LogP contribution in [0.2, 0.25) is 0 Å². The van der Waals surface area contributed by atoms with Gasteiger partial charge in [-0.2, -0.15) is 5.10 Å². The molecular formula is C13H18N4O3S. The molecule has 8 heteroatoms. The normalized spacial score (nSPS) is 11.3. The number of nitrogens with two attached hydrogens (primary N) is 1.